The minimum absolute atomic E-state index is 0.297. The van der Waals surface area contributed by atoms with E-state index in [9.17, 15) is 14.4 Å². The maximum Gasteiger partial charge on any atom is 0.408 e. The first-order valence-corrected chi connectivity index (χ1v) is 7.94. The fourth-order valence-electron chi connectivity index (χ4n) is 1.71. The molecule has 0 aromatic carbocycles. The molecule has 0 aliphatic rings. The Labute approximate surface area is 144 Å². The first-order chi connectivity index (χ1) is 10.7. The molecule has 140 valence electrons. The van der Waals surface area contributed by atoms with E-state index in [0.717, 1.165) is 0 Å². The van der Waals surface area contributed by atoms with Gasteiger partial charge in [0, 0.05) is 13.6 Å². The number of nitrogens with zero attached hydrogens (tertiary/aromatic N) is 1. The number of esters is 1. The summed E-state index contributed by atoms with van der Waals surface area (Å²) in [6, 6.07) is -1.41. The first-order valence-electron chi connectivity index (χ1n) is 7.94. The fraction of sp³-hybridized carbons (Fsp3) is 0.812. The smallest absolute Gasteiger partial charge is 0.408 e. The highest BCUT2D eigenvalue weighted by atomic mass is 16.6. The van der Waals surface area contributed by atoms with Gasteiger partial charge in [0.15, 0.2) is 0 Å². The van der Waals surface area contributed by atoms with Gasteiger partial charge in [0.2, 0.25) is 0 Å². The number of nitrogens with one attached hydrogen (secondary N) is 1. The Morgan fingerprint density at radius 3 is 1.96 bits per heavy atom. The number of urea groups is 1. The van der Waals surface area contributed by atoms with Crippen LogP contribution in [-0.2, 0) is 14.3 Å². The van der Waals surface area contributed by atoms with Gasteiger partial charge in [-0.1, -0.05) is 0 Å². The molecular formula is C16H31N3O5. The van der Waals surface area contributed by atoms with Gasteiger partial charge in [0.1, 0.15) is 17.2 Å². The van der Waals surface area contributed by atoms with E-state index in [0.29, 0.717) is 19.4 Å². The lowest BCUT2D eigenvalue weighted by Crippen LogP contribution is -2.46. The predicted molar refractivity (Wildman–Crippen MR) is 90.5 cm³/mol. The van der Waals surface area contributed by atoms with Crippen molar-refractivity contribution < 1.29 is 23.9 Å². The summed E-state index contributed by atoms with van der Waals surface area (Å²) in [5, 5.41) is 2.53. The van der Waals surface area contributed by atoms with Crippen molar-refractivity contribution in [3.8, 4) is 0 Å². The topological polar surface area (TPSA) is 111 Å². The Balaban J connectivity index is 4.80. The second-order valence-corrected chi connectivity index (χ2v) is 7.63. The second-order valence-electron chi connectivity index (χ2n) is 7.63. The molecule has 8 heteroatoms. The number of alkyl carbamates (subject to hydrolysis) is 1. The van der Waals surface area contributed by atoms with Gasteiger partial charge in [0.05, 0.1) is 0 Å². The molecule has 0 bridgehead atoms. The summed E-state index contributed by atoms with van der Waals surface area (Å²) in [6.07, 6.45) is 0.0758. The number of nitrogens with two attached hydrogens (primary N) is 1. The summed E-state index contributed by atoms with van der Waals surface area (Å²) in [6.45, 7) is 10.8. The van der Waals surface area contributed by atoms with Crippen molar-refractivity contribution in [3.63, 3.8) is 0 Å². The van der Waals surface area contributed by atoms with Gasteiger partial charge in [-0.3, -0.25) is 0 Å². The average Bonchev–Trinajstić information content (AvgIpc) is 2.32. The third-order valence-electron chi connectivity index (χ3n) is 2.74. The van der Waals surface area contributed by atoms with Crippen molar-refractivity contribution in [2.45, 2.75) is 71.6 Å². The van der Waals surface area contributed by atoms with Crippen molar-refractivity contribution in [1.29, 1.82) is 0 Å². The summed E-state index contributed by atoms with van der Waals surface area (Å²) >= 11 is 0. The minimum Gasteiger partial charge on any atom is -0.458 e. The van der Waals surface area contributed by atoms with Crippen LogP contribution in [0.15, 0.2) is 0 Å². The number of carbonyl (C=O) groups is 3. The highest BCUT2D eigenvalue weighted by Crippen LogP contribution is 2.12. The second kappa shape index (κ2) is 8.75. The van der Waals surface area contributed by atoms with Crippen LogP contribution in [0.25, 0.3) is 0 Å². The van der Waals surface area contributed by atoms with Gasteiger partial charge >= 0.3 is 18.1 Å². The van der Waals surface area contributed by atoms with E-state index < -0.39 is 35.3 Å². The molecule has 0 heterocycles. The molecule has 3 N–H and O–H groups in total. The van der Waals surface area contributed by atoms with Crippen LogP contribution in [0.4, 0.5) is 9.59 Å². The molecular weight excluding hydrogens is 314 g/mol. The summed E-state index contributed by atoms with van der Waals surface area (Å²) in [5.41, 5.74) is 3.81. The molecule has 3 amide bonds. The van der Waals surface area contributed by atoms with Crippen molar-refractivity contribution in [2.24, 2.45) is 5.73 Å². The van der Waals surface area contributed by atoms with Gasteiger partial charge in [-0.05, 0) is 54.4 Å². The van der Waals surface area contributed by atoms with Gasteiger partial charge < -0.3 is 25.4 Å². The van der Waals surface area contributed by atoms with Crippen LogP contribution in [-0.4, -0.2) is 53.8 Å². The van der Waals surface area contributed by atoms with Crippen molar-refractivity contribution >= 4 is 18.1 Å². The van der Waals surface area contributed by atoms with Crippen LogP contribution in [0, 0.1) is 0 Å². The third-order valence-corrected chi connectivity index (χ3v) is 2.74. The van der Waals surface area contributed by atoms with E-state index in [1.54, 1.807) is 48.6 Å². The van der Waals surface area contributed by atoms with E-state index >= 15 is 0 Å². The van der Waals surface area contributed by atoms with Crippen molar-refractivity contribution in [1.82, 2.24) is 10.2 Å². The zero-order valence-corrected chi connectivity index (χ0v) is 15.8. The van der Waals surface area contributed by atoms with Gasteiger partial charge in [-0.25, -0.2) is 14.4 Å². The molecule has 0 aromatic heterocycles. The number of amides is 3. The van der Waals surface area contributed by atoms with Crippen molar-refractivity contribution in [3.05, 3.63) is 0 Å². The van der Waals surface area contributed by atoms with Gasteiger partial charge in [-0.2, -0.15) is 0 Å². The van der Waals surface area contributed by atoms with E-state index in [1.807, 2.05) is 0 Å². The molecule has 0 saturated heterocycles. The summed E-state index contributed by atoms with van der Waals surface area (Å²) < 4.78 is 10.5. The van der Waals surface area contributed by atoms with E-state index in [4.69, 9.17) is 15.2 Å². The highest BCUT2D eigenvalue weighted by molar-refractivity contribution is 5.81. The molecule has 24 heavy (non-hydrogen) atoms. The fourth-order valence-corrected chi connectivity index (χ4v) is 1.71. The van der Waals surface area contributed by atoms with Gasteiger partial charge in [-0.15, -0.1) is 0 Å². The number of carbonyl (C=O) groups excluding carboxylic acids is 3. The highest BCUT2D eigenvalue weighted by Gasteiger charge is 2.28. The standard InChI is InChI=1S/C16H31N3O5/c1-15(2,3)23-12(20)11(9-8-10-19(7)13(17)21)18-14(22)24-16(4,5)6/h11H,8-10H2,1-7H3,(H2,17,21)(H,18,22)/t11-/m0/s1. The third kappa shape index (κ3) is 10.7. The lowest BCUT2D eigenvalue weighted by molar-refractivity contribution is -0.157. The molecule has 0 aliphatic heterocycles. The SMILES string of the molecule is CN(CCC[C@H](NC(=O)OC(C)(C)C)C(=O)OC(C)(C)C)C(N)=O. The number of rotatable bonds is 6. The van der Waals surface area contributed by atoms with E-state index in [2.05, 4.69) is 5.32 Å². The van der Waals surface area contributed by atoms with Gasteiger partial charge in [0.25, 0.3) is 0 Å². The van der Waals surface area contributed by atoms with Crippen LogP contribution >= 0.6 is 0 Å². The lowest BCUT2D eigenvalue weighted by Gasteiger charge is -2.26. The van der Waals surface area contributed by atoms with E-state index in [-0.39, 0.29) is 0 Å². The summed E-state index contributed by atoms with van der Waals surface area (Å²) in [7, 11) is 1.56. The Hall–Kier alpha value is -1.99. The molecule has 0 spiro atoms. The maximum absolute atomic E-state index is 12.3. The van der Waals surface area contributed by atoms with Crippen LogP contribution in [0.2, 0.25) is 0 Å². The Kier molecular flexibility index (Phi) is 8.02. The number of primary amides is 1. The predicted octanol–water partition coefficient (Wildman–Crippen LogP) is 2.01. The molecule has 0 aromatic rings. The van der Waals surface area contributed by atoms with Crippen LogP contribution in [0.1, 0.15) is 54.4 Å². The molecule has 0 radical (unpaired) electrons. The number of hydrogen-bond acceptors (Lipinski definition) is 5. The molecule has 8 nitrogen and oxygen atoms in total. The zero-order chi connectivity index (χ0) is 19.1. The van der Waals surface area contributed by atoms with Crippen molar-refractivity contribution in [2.75, 3.05) is 13.6 Å². The number of hydrogen-bond donors (Lipinski definition) is 2. The summed E-state index contributed by atoms with van der Waals surface area (Å²) in [5.74, 6) is -0.546. The normalized spacial score (nSPS) is 13.0. The Bertz CT molecular complexity index is 452. The quantitative estimate of drug-likeness (QED) is 0.715. The van der Waals surface area contributed by atoms with Crippen LogP contribution in [0.3, 0.4) is 0 Å². The molecule has 0 rings (SSSR count). The molecule has 0 unspecified atom stereocenters. The summed E-state index contributed by atoms with van der Waals surface area (Å²) in [4.78, 5) is 36.5. The zero-order valence-electron chi connectivity index (χ0n) is 15.8. The maximum atomic E-state index is 12.3. The Morgan fingerprint density at radius 1 is 1.04 bits per heavy atom. The molecule has 1 atom stereocenters. The van der Waals surface area contributed by atoms with E-state index in [1.165, 1.54) is 4.90 Å². The monoisotopic (exact) mass is 345 g/mol. The molecule has 0 saturated carbocycles. The minimum atomic E-state index is -0.861. The first kappa shape index (κ1) is 22.0. The Morgan fingerprint density at radius 2 is 1.54 bits per heavy atom. The van der Waals surface area contributed by atoms with Crippen LogP contribution in [0.5, 0.6) is 0 Å². The molecule has 0 aliphatic carbocycles. The molecule has 0 fully saturated rings. The lowest BCUT2D eigenvalue weighted by atomic mass is 10.1. The number of ether oxygens (including phenoxy) is 2. The average molecular weight is 345 g/mol. The van der Waals surface area contributed by atoms with Crippen LogP contribution < -0.4 is 11.1 Å². The largest absolute Gasteiger partial charge is 0.458 e.